The van der Waals surface area contributed by atoms with Gasteiger partial charge in [-0.25, -0.2) is 0 Å². The molecule has 1 fully saturated rings. The van der Waals surface area contributed by atoms with Crippen molar-refractivity contribution in [1.82, 2.24) is 4.90 Å². The molecule has 3 N–H and O–H groups in total. The number of hydrogen-bond acceptors (Lipinski definition) is 4. The van der Waals surface area contributed by atoms with Gasteiger partial charge in [0.15, 0.2) is 0 Å². The Morgan fingerprint density at radius 2 is 1.76 bits per heavy atom. The standard InChI is InChI=1S/C28H38BNO4/c1-28(27(31)32,16-5-6-17-29(33)34)24-14-18-30(19-15-24)26-11-7-10-23-20-22(12-13-25(23)26)21-8-3-2-4-9-21/h2-4,8-9,12-13,20,24,26,33-34H,5-7,10-11,14-19H2,1H3,(H,31,32). The molecule has 2 aromatic rings. The van der Waals surface area contributed by atoms with E-state index in [9.17, 15) is 9.90 Å². The highest BCUT2D eigenvalue weighted by Crippen LogP contribution is 2.43. The number of aliphatic carboxylic acids is 1. The van der Waals surface area contributed by atoms with E-state index in [1.54, 1.807) is 0 Å². The fraction of sp³-hybridized carbons (Fsp3) is 0.536. The molecule has 0 radical (unpaired) electrons. The second-order valence-electron chi connectivity index (χ2n) is 10.4. The van der Waals surface area contributed by atoms with E-state index in [0.29, 0.717) is 31.6 Å². The molecular weight excluding hydrogens is 425 g/mol. The van der Waals surface area contributed by atoms with Crippen LogP contribution in [0, 0.1) is 11.3 Å². The average Bonchev–Trinajstić information content (AvgIpc) is 2.86. The lowest BCUT2D eigenvalue weighted by Gasteiger charge is -2.44. The highest BCUT2D eigenvalue weighted by molar-refractivity contribution is 6.40. The Bertz CT molecular complexity index is 958. The quantitative estimate of drug-likeness (QED) is 0.353. The summed E-state index contributed by atoms with van der Waals surface area (Å²) in [4.78, 5) is 14.8. The first-order valence-electron chi connectivity index (χ1n) is 12.9. The van der Waals surface area contributed by atoms with Gasteiger partial charge in [0.25, 0.3) is 0 Å². The molecule has 2 atom stereocenters. The predicted octanol–water partition coefficient (Wildman–Crippen LogP) is 5.18. The predicted molar refractivity (Wildman–Crippen MR) is 136 cm³/mol. The van der Waals surface area contributed by atoms with Crippen molar-refractivity contribution in [2.45, 2.75) is 70.7 Å². The van der Waals surface area contributed by atoms with Crippen molar-refractivity contribution >= 4 is 13.1 Å². The second kappa shape index (κ2) is 11.1. The number of piperidine rings is 1. The number of carboxylic acids is 1. The number of rotatable bonds is 9. The van der Waals surface area contributed by atoms with Crippen molar-refractivity contribution in [1.29, 1.82) is 0 Å². The summed E-state index contributed by atoms with van der Waals surface area (Å²) in [6, 6.07) is 17.9. The summed E-state index contributed by atoms with van der Waals surface area (Å²) in [5.74, 6) is -0.559. The summed E-state index contributed by atoms with van der Waals surface area (Å²) in [5.41, 5.74) is 4.70. The van der Waals surface area contributed by atoms with E-state index in [4.69, 9.17) is 10.0 Å². The zero-order valence-corrected chi connectivity index (χ0v) is 20.3. The molecule has 34 heavy (non-hydrogen) atoms. The molecule has 1 aliphatic carbocycles. The average molecular weight is 463 g/mol. The molecule has 0 saturated carbocycles. The first-order valence-corrected chi connectivity index (χ1v) is 12.9. The highest BCUT2D eigenvalue weighted by Gasteiger charge is 2.43. The maximum atomic E-state index is 12.2. The van der Waals surface area contributed by atoms with Crippen LogP contribution in [-0.2, 0) is 11.2 Å². The van der Waals surface area contributed by atoms with Gasteiger partial charge in [0, 0.05) is 6.04 Å². The minimum Gasteiger partial charge on any atom is -0.481 e. The van der Waals surface area contributed by atoms with Crippen molar-refractivity contribution < 1.29 is 19.9 Å². The molecule has 0 spiro atoms. The smallest absolute Gasteiger partial charge is 0.451 e. The first-order chi connectivity index (χ1) is 16.4. The first kappa shape index (κ1) is 25.0. The Morgan fingerprint density at radius 1 is 1.03 bits per heavy atom. The summed E-state index contributed by atoms with van der Waals surface area (Å²) in [5, 5.41) is 28.2. The van der Waals surface area contributed by atoms with Crippen LogP contribution < -0.4 is 0 Å². The van der Waals surface area contributed by atoms with Crippen LogP contribution in [0.1, 0.15) is 69.0 Å². The minimum atomic E-state index is -1.30. The van der Waals surface area contributed by atoms with E-state index in [1.807, 2.05) is 6.92 Å². The molecule has 1 heterocycles. The Labute approximate surface area is 204 Å². The number of benzene rings is 2. The van der Waals surface area contributed by atoms with Gasteiger partial charge >= 0.3 is 13.1 Å². The van der Waals surface area contributed by atoms with Crippen molar-refractivity contribution in [3.63, 3.8) is 0 Å². The Kier molecular flexibility index (Phi) is 8.12. The number of nitrogens with zero attached hydrogens (tertiary/aromatic N) is 1. The topological polar surface area (TPSA) is 81.0 Å². The lowest BCUT2D eigenvalue weighted by Crippen LogP contribution is -2.45. The maximum Gasteiger partial charge on any atom is 0.451 e. The highest BCUT2D eigenvalue weighted by atomic mass is 16.4. The molecule has 1 saturated heterocycles. The molecule has 5 nitrogen and oxygen atoms in total. The third-order valence-corrected chi connectivity index (χ3v) is 8.30. The zero-order chi connectivity index (χ0) is 24.1. The fourth-order valence-electron chi connectivity index (χ4n) is 6.13. The number of aryl methyl sites for hydroxylation is 1. The van der Waals surface area contributed by atoms with E-state index in [2.05, 4.69) is 53.4 Å². The van der Waals surface area contributed by atoms with Gasteiger partial charge in [-0.05, 0) is 93.0 Å². The van der Waals surface area contributed by atoms with Crippen molar-refractivity contribution in [3.05, 3.63) is 59.7 Å². The summed E-state index contributed by atoms with van der Waals surface area (Å²) >= 11 is 0. The third kappa shape index (κ3) is 5.56. The van der Waals surface area contributed by atoms with E-state index >= 15 is 0 Å². The monoisotopic (exact) mass is 463 g/mol. The van der Waals surface area contributed by atoms with Gasteiger partial charge in [-0.2, -0.15) is 0 Å². The van der Waals surface area contributed by atoms with Crippen LogP contribution in [0.4, 0.5) is 0 Å². The van der Waals surface area contributed by atoms with E-state index < -0.39 is 18.5 Å². The van der Waals surface area contributed by atoms with Crippen molar-refractivity contribution in [3.8, 4) is 11.1 Å². The summed E-state index contributed by atoms with van der Waals surface area (Å²) < 4.78 is 0. The fourth-order valence-corrected chi connectivity index (χ4v) is 6.13. The molecular formula is C28H38BNO4. The molecule has 4 rings (SSSR count). The number of hydrogen-bond donors (Lipinski definition) is 3. The van der Waals surface area contributed by atoms with Crippen LogP contribution in [-0.4, -0.2) is 46.2 Å². The Hall–Kier alpha value is -2.15. The molecule has 2 unspecified atom stereocenters. The molecule has 6 heteroatoms. The number of fused-ring (bicyclic) bond motifs is 1. The Morgan fingerprint density at radius 3 is 2.44 bits per heavy atom. The van der Waals surface area contributed by atoms with E-state index in [-0.39, 0.29) is 5.92 Å². The van der Waals surface area contributed by atoms with Gasteiger partial charge in [0.1, 0.15) is 0 Å². The van der Waals surface area contributed by atoms with Gasteiger partial charge in [-0.15, -0.1) is 0 Å². The number of unbranched alkanes of at least 4 members (excludes halogenated alkanes) is 1. The summed E-state index contributed by atoms with van der Waals surface area (Å²) in [6.45, 7) is 3.77. The van der Waals surface area contributed by atoms with E-state index in [1.165, 1.54) is 35.1 Å². The molecule has 0 aromatic heterocycles. The number of carboxylic acid groups (broad SMARTS) is 1. The summed E-state index contributed by atoms with van der Waals surface area (Å²) in [7, 11) is -1.30. The third-order valence-electron chi connectivity index (χ3n) is 8.30. The number of carbonyl (C=O) groups is 1. The van der Waals surface area contributed by atoms with Crippen LogP contribution in [0.2, 0.25) is 6.32 Å². The largest absolute Gasteiger partial charge is 0.481 e. The molecule has 0 amide bonds. The second-order valence-corrected chi connectivity index (χ2v) is 10.4. The van der Waals surface area contributed by atoms with Gasteiger partial charge in [-0.3, -0.25) is 9.69 Å². The minimum absolute atomic E-state index is 0.156. The van der Waals surface area contributed by atoms with Crippen LogP contribution in [0.25, 0.3) is 11.1 Å². The zero-order valence-electron chi connectivity index (χ0n) is 20.3. The van der Waals surface area contributed by atoms with Gasteiger partial charge in [0.05, 0.1) is 5.41 Å². The van der Waals surface area contributed by atoms with Crippen LogP contribution in [0.3, 0.4) is 0 Å². The van der Waals surface area contributed by atoms with Gasteiger partial charge < -0.3 is 15.2 Å². The number of likely N-dealkylation sites (tertiary alicyclic amines) is 1. The van der Waals surface area contributed by atoms with E-state index in [0.717, 1.165) is 32.4 Å². The normalized spacial score (nSPS) is 21.0. The molecule has 0 bridgehead atoms. The molecule has 2 aliphatic rings. The summed E-state index contributed by atoms with van der Waals surface area (Å²) in [6.07, 6.45) is 7.54. The van der Waals surface area contributed by atoms with Gasteiger partial charge in [0.2, 0.25) is 0 Å². The SMILES string of the molecule is CC(CCCCB(O)O)(C(=O)O)C1CCN(C2CCCc3cc(-c4ccccc4)ccc32)CC1. The van der Waals surface area contributed by atoms with Crippen molar-refractivity contribution in [2.24, 2.45) is 11.3 Å². The van der Waals surface area contributed by atoms with Crippen molar-refractivity contribution in [2.75, 3.05) is 13.1 Å². The van der Waals surface area contributed by atoms with Crippen LogP contribution in [0.5, 0.6) is 0 Å². The Balaban J connectivity index is 1.41. The maximum absolute atomic E-state index is 12.2. The van der Waals surface area contributed by atoms with Crippen LogP contribution >= 0.6 is 0 Å². The molecule has 1 aliphatic heterocycles. The lowest BCUT2D eigenvalue weighted by molar-refractivity contribution is -0.153. The molecule has 182 valence electrons. The van der Waals surface area contributed by atoms with Crippen LogP contribution in [0.15, 0.2) is 48.5 Å². The molecule has 2 aromatic carbocycles. The lowest BCUT2D eigenvalue weighted by atomic mass is 9.68. The van der Waals surface area contributed by atoms with Gasteiger partial charge in [-0.1, -0.05) is 61.4 Å².